The molecular weight excluding hydrogens is 488 g/mol. The number of nitrogens with one attached hydrogen (secondary N) is 1. The van der Waals surface area contributed by atoms with Gasteiger partial charge in [-0.3, -0.25) is 4.98 Å². The van der Waals surface area contributed by atoms with Crippen LogP contribution in [0.5, 0.6) is 5.75 Å². The second-order valence-corrected chi connectivity index (χ2v) is 10.4. The fourth-order valence-electron chi connectivity index (χ4n) is 5.10. The standard InChI is InChI=1S/C29H29ClN4OS/c1-17(2)20-8-11-22(12-9-20)34-28(27(32-29(34)36)24-7-5-6-14-31-24)23-15-18(3)33(19(23)4)25-16-21(30)10-13-26(25)35/h5-17,27-28,35H,1-4H3,(H,32,36)/t27-,28-/m1/s1. The first kappa shape index (κ1) is 24.3. The quantitative estimate of drug-likeness (QED) is 0.276. The predicted octanol–water partition coefficient (Wildman–Crippen LogP) is 7.15. The number of nitrogens with zero attached hydrogens (tertiary/aromatic N) is 3. The smallest absolute Gasteiger partial charge is 0.174 e. The Morgan fingerprint density at radius 2 is 1.78 bits per heavy atom. The Balaban J connectivity index is 1.67. The van der Waals surface area contributed by atoms with Gasteiger partial charge in [0.25, 0.3) is 0 Å². The molecule has 0 bridgehead atoms. The van der Waals surface area contributed by atoms with Crippen molar-refractivity contribution >= 4 is 34.6 Å². The Morgan fingerprint density at radius 1 is 1.03 bits per heavy atom. The number of aryl methyl sites for hydroxylation is 1. The molecule has 184 valence electrons. The maximum absolute atomic E-state index is 10.7. The lowest BCUT2D eigenvalue weighted by Crippen LogP contribution is -2.29. The molecule has 1 saturated heterocycles. The number of halogens is 1. The van der Waals surface area contributed by atoms with Gasteiger partial charge in [0.1, 0.15) is 5.75 Å². The molecular formula is C29H29ClN4OS. The second-order valence-electron chi connectivity index (χ2n) is 9.54. The van der Waals surface area contributed by atoms with E-state index in [1.807, 2.05) is 35.9 Å². The molecule has 1 aliphatic heterocycles. The van der Waals surface area contributed by atoms with Gasteiger partial charge in [0.15, 0.2) is 5.11 Å². The van der Waals surface area contributed by atoms with Crippen LogP contribution in [0.25, 0.3) is 5.69 Å². The van der Waals surface area contributed by atoms with Crippen LogP contribution in [-0.2, 0) is 0 Å². The lowest BCUT2D eigenvalue weighted by atomic mass is 9.96. The molecule has 5 rings (SSSR count). The summed E-state index contributed by atoms with van der Waals surface area (Å²) in [5, 5.41) is 15.4. The first-order chi connectivity index (χ1) is 17.3. The molecule has 36 heavy (non-hydrogen) atoms. The van der Waals surface area contributed by atoms with E-state index in [0.29, 0.717) is 21.7 Å². The van der Waals surface area contributed by atoms with E-state index < -0.39 is 0 Å². The number of anilines is 1. The Kier molecular flexibility index (Phi) is 6.49. The number of aromatic nitrogens is 2. The molecule has 0 amide bonds. The maximum Gasteiger partial charge on any atom is 0.174 e. The monoisotopic (exact) mass is 516 g/mol. The number of aromatic hydroxyl groups is 1. The molecule has 3 heterocycles. The number of thiocarbonyl (C=S) groups is 1. The van der Waals surface area contributed by atoms with E-state index >= 15 is 0 Å². The molecule has 1 fully saturated rings. The van der Waals surface area contributed by atoms with Crippen molar-refractivity contribution in [3.8, 4) is 11.4 Å². The number of phenols is 1. The fourth-order valence-corrected chi connectivity index (χ4v) is 5.61. The molecule has 2 N–H and O–H groups in total. The van der Waals surface area contributed by atoms with Crippen LogP contribution in [0.15, 0.2) is 72.9 Å². The lowest BCUT2D eigenvalue weighted by molar-refractivity contribution is 0.471. The summed E-state index contributed by atoms with van der Waals surface area (Å²) in [6.07, 6.45) is 1.81. The van der Waals surface area contributed by atoms with Crippen LogP contribution in [0.2, 0.25) is 5.02 Å². The normalized spacial score (nSPS) is 17.6. The summed E-state index contributed by atoms with van der Waals surface area (Å²) in [4.78, 5) is 6.85. The minimum atomic E-state index is -0.148. The summed E-state index contributed by atoms with van der Waals surface area (Å²) in [7, 11) is 0. The molecule has 4 aromatic rings. The number of phenolic OH excluding ortho intramolecular Hbond substituents is 1. The Morgan fingerprint density at radius 3 is 2.44 bits per heavy atom. The van der Waals surface area contributed by atoms with Crippen molar-refractivity contribution in [3.63, 3.8) is 0 Å². The van der Waals surface area contributed by atoms with Crippen LogP contribution in [-0.4, -0.2) is 19.8 Å². The van der Waals surface area contributed by atoms with Crippen LogP contribution in [0.3, 0.4) is 0 Å². The predicted molar refractivity (Wildman–Crippen MR) is 150 cm³/mol. The highest BCUT2D eigenvalue weighted by atomic mass is 35.5. The van der Waals surface area contributed by atoms with Gasteiger partial charge in [-0.2, -0.15) is 0 Å². The SMILES string of the molecule is Cc1cc([C@@H]2[C@@H](c3ccccn3)NC(=S)N2c2ccc(C(C)C)cc2)c(C)n1-c1cc(Cl)ccc1O. The minimum Gasteiger partial charge on any atom is -0.506 e. The van der Waals surface area contributed by atoms with E-state index in [1.54, 1.807) is 18.2 Å². The first-order valence-electron chi connectivity index (χ1n) is 12.0. The van der Waals surface area contributed by atoms with Crippen LogP contribution in [0.4, 0.5) is 5.69 Å². The van der Waals surface area contributed by atoms with Crippen LogP contribution >= 0.6 is 23.8 Å². The average Bonchev–Trinajstić information content (AvgIpc) is 3.36. The highest BCUT2D eigenvalue weighted by molar-refractivity contribution is 7.80. The number of pyridine rings is 1. The van der Waals surface area contributed by atoms with Gasteiger partial charge in [0.2, 0.25) is 0 Å². The van der Waals surface area contributed by atoms with E-state index in [1.165, 1.54) is 5.56 Å². The summed E-state index contributed by atoms with van der Waals surface area (Å²) in [6.45, 7) is 8.49. The molecule has 7 heteroatoms. The van der Waals surface area contributed by atoms with Gasteiger partial charge in [-0.15, -0.1) is 0 Å². The molecule has 2 atom stereocenters. The van der Waals surface area contributed by atoms with Gasteiger partial charge in [0.05, 0.1) is 23.5 Å². The maximum atomic E-state index is 10.7. The number of hydrogen-bond acceptors (Lipinski definition) is 3. The minimum absolute atomic E-state index is 0.140. The zero-order chi connectivity index (χ0) is 25.6. The zero-order valence-electron chi connectivity index (χ0n) is 20.7. The summed E-state index contributed by atoms with van der Waals surface area (Å²) >= 11 is 12.2. The molecule has 0 radical (unpaired) electrons. The first-order valence-corrected chi connectivity index (χ1v) is 12.8. The molecule has 5 nitrogen and oxygen atoms in total. The molecule has 1 aliphatic rings. The highest BCUT2D eigenvalue weighted by Crippen LogP contribution is 2.44. The van der Waals surface area contributed by atoms with Crippen LogP contribution in [0.1, 0.15) is 60.1 Å². The van der Waals surface area contributed by atoms with Crippen molar-refractivity contribution in [3.05, 3.63) is 106 Å². The van der Waals surface area contributed by atoms with E-state index in [0.717, 1.165) is 28.3 Å². The molecule has 0 aliphatic carbocycles. The van der Waals surface area contributed by atoms with Crippen molar-refractivity contribution in [2.75, 3.05) is 4.90 Å². The van der Waals surface area contributed by atoms with Crippen LogP contribution in [0, 0.1) is 13.8 Å². The van der Waals surface area contributed by atoms with E-state index in [-0.39, 0.29) is 17.8 Å². The fraction of sp³-hybridized carbons (Fsp3) is 0.241. The summed E-state index contributed by atoms with van der Waals surface area (Å²) < 4.78 is 2.05. The largest absolute Gasteiger partial charge is 0.506 e. The molecule has 0 saturated carbocycles. The molecule has 0 unspecified atom stereocenters. The Labute approximate surface area is 222 Å². The average molecular weight is 517 g/mol. The van der Waals surface area contributed by atoms with Crippen molar-refractivity contribution in [2.45, 2.75) is 45.7 Å². The van der Waals surface area contributed by atoms with Crippen molar-refractivity contribution in [2.24, 2.45) is 0 Å². The summed E-state index contributed by atoms with van der Waals surface area (Å²) in [5.41, 5.74) is 6.97. The third kappa shape index (κ3) is 4.25. The van der Waals surface area contributed by atoms with Gasteiger partial charge in [-0.05, 0) is 91.6 Å². The highest BCUT2D eigenvalue weighted by Gasteiger charge is 2.42. The number of hydrogen-bond donors (Lipinski definition) is 2. The van der Waals surface area contributed by atoms with E-state index in [2.05, 4.69) is 66.3 Å². The Hall–Kier alpha value is -3.35. The van der Waals surface area contributed by atoms with Gasteiger partial charge in [0, 0.05) is 28.3 Å². The van der Waals surface area contributed by atoms with Gasteiger partial charge >= 0.3 is 0 Å². The topological polar surface area (TPSA) is 53.3 Å². The second kappa shape index (κ2) is 9.60. The molecule has 2 aromatic heterocycles. The van der Waals surface area contributed by atoms with Crippen molar-refractivity contribution in [1.29, 1.82) is 0 Å². The van der Waals surface area contributed by atoms with Crippen LogP contribution < -0.4 is 10.2 Å². The summed E-state index contributed by atoms with van der Waals surface area (Å²) in [5.74, 6) is 0.624. The lowest BCUT2D eigenvalue weighted by Gasteiger charge is -2.28. The molecule has 2 aromatic carbocycles. The van der Waals surface area contributed by atoms with E-state index in [9.17, 15) is 5.11 Å². The third-order valence-corrected chi connectivity index (χ3v) is 7.45. The summed E-state index contributed by atoms with van der Waals surface area (Å²) in [6, 6.07) is 21.5. The Bertz CT molecular complexity index is 1420. The van der Waals surface area contributed by atoms with Gasteiger partial charge in [-0.25, -0.2) is 0 Å². The zero-order valence-corrected chi connectivity index (χ0v) is 22.3. The van der Waals surface area contributed by atoms with E-state index in [4.69, 9.17) is 23.8 Å². The molecule has 0 spiro atoms. The number of benzene rings is 2. The van der Waals surface area contributed by atoms with Crippen molar-refractivity contribution < 1.29 is 5.11 Å². The van der Waals surface area contributed by atoms with Crippen molar-refractivity contribution in [1.82, 2.24) is 14.9 Å². The van der Waals surface area contributed by atoms with Gasteiger partial charge < -0.3 is 19.9 Å². The van der Waals surface area contributed by atoms with Gasteiger partial charge in [-0.1, -0.05) is 43.6 Å². The third-order valence-electron chi connectivity index (χ3n) is 6.90. The number of rotatable bonds is 5.